The molecule has 0 aliphatic rings. The second-order valence-electron chi connectivity index (χ2n) is 3.93. The van der Waals surface area contributed by atoms with Gasteiger partial charge in [0.15, 0.2) is 0 Å². The fourth-order valence-electron chi connectivity index (χ4n) is 1.69. The van der Waals surface area contributed by atoms with Gasteiger partial charge in [-0.2, -0.15) is 0 Å². The molecule has 0 spiro atoms. The second-order valence-corrected chi connectivity index (χ2v) is 4.85. The van der Waals surface area contributed by atoms with Crippen molar-refractivity contribution in [3.63, 3.8) is 0 Å². The minimum Gasteiger partial charge on any atom is -0.324 e. The van der Waals surface area contributed by atoms with E-state index in [1.165, 1.54) is 0 Å². The molecule has 2 N–H and O–H groups in total. The van der Waals surface area contributed by atoms with Crippen LogP contribution in [0.1, 0.15) is 6.42 Å². The highest BCUT2D eigenvalue weighted by Gasteiger charge is 2.06. The van der Waals surface area contributed by atoms with Crippen LogP contribution in [0.5, 0.6) is 0 Å². The molecule has 0 saturated heterocycles. The summed E-state index contributed by atoms with van der Waals surface area (Å²) in [5.74, 6) is -0.0124. The normalized spacial score (nSPS) is 10.6. The number of amides is 1. The smallest absolute Gasteiger partial charge is 0.225 e. The zero-order chi connectivity index (χ0) is 13.0. The number of anilines is 1. The van der Waals surface area contributed by atoms with Gasteiger partial charge in [-0.25, -0.2) is 0 Å². The lowest BCUT2D eigenvalue weighted by Crippen LogP contribution is -2.18. The average molecular weight is 308 g/mol. The molecule has 0 aliphatic carbocycles. The first-order valence-corrected chi connectivity index (χ1v) is 6.49. The monoisotopic (exact) mass is 307 g/mol. The summed E-state index contributed by atoms with van der Waals surface area (Å²) in [4.78, 5) is 16.0. The van der Waals surface area contributed by atoms with Gasteiger partial charge < -0.3 is 10.6 Å². The lowest BCUT2D eigenvalue weighted by Gasteiger charge is -2.08. The molecule has 1 aromatic heterocycles. The number of carbonyl (C=O) groups excluding carboxylic acids is 1. The zero-order valence-corrected chi connectivity index (χ0v) is 11.6. The third kappa shape index (κ3) is 3.05. The quantitative estimate of drug-likeness (QED) is 0.912. The van der Waals surface area contributed by atoms with Gasteiger partial charge in [0.25, 0.3) is 0 Å². The number of hydrogen-bond donors (Lipinski definition) is 2. The molecule has 0 unspecified atom stereocenters. The molecular formula is C13H14BrN3O. The van der Waals surface area contributed by atoms with Crippen LogP contribution in [0.15, 0.2) is 34.9 Å². The summed E-state index contributed by atoms with van der Waals surface area (Å²) in [5.41, 5.74) is 1.56. The highest BCUT2D eigenvalue weighted by Crippen LogP contribution is 2.23. The fourth-order valence-corrected chi connectivity index (χ4v) is 2.04. The fraction of sp³-hybridized carbons (Fsp3) is 0.231. The number of para-hydroxylation sites is 1. The summed E-state index contributed by atoms with van der Waals surface area (Å²) in [6.07, 6.45) is 2.18. The number of benzene rings is 1. The second kappa shape index (κ2) is 5.93. The van der Waals surface area contributed by atoms with Crippen LogP contribution in [0, 0.1) is 0 Å². The van der Waals surface area contributed by atoms with E-state index >= 15 is 0 Å². The average Bonchev–Trinajstić information content (AvgIpc) is 2.36. The van der Waals surface area contributed by atoms with E-state index in [0.29, 0.717) is 13.0 Å². The van der Waals surface area contributed by atoms with Gasteiger partial charge in [-0.1, -0.05) is 12.1 Å². The molecule has 1 amide bonds. The Hall–Kier alpha value is -1.46. The minimum absolute atomic E-state index is 0.0124. The molecule has 1 heterocycles. The van der Waals surface area contributed by atoms with Crippen molar-refractivity contribution in [2.75, 3.05) is 18.9 Å². The number of halogens is 1. The van der Waals surface area contributed by atoms with Crippen LogP contribution < -0.4 is 10.6 Å². The Morgan fingerprint density at radius 1 is 1.44 bits per heavy atom. The van der Waals surface area contributed by atoms with E-state index in [0.717, 1.165) is 21.1 Å². The van der Waals surface area contributed by atoms with Crippen LogP contribution >= 0.6 is 15.9 Å². The van der Waals surface area contributed by atoms with E-state index in [2.05, 4.69) is 31.5 Å². The summed E-state index contributed by atoms with van der Waals surface area (Å²) < 4.78 is 0.925. The van der Waals surface area contributed by atoms with Gasteiger partial charge in [0, 0.05) is 29.0 Å². The molecule has 0 saturated carbocycles. The van der Waals surface area contributed by atoms with Crippen LogP contribution in [0.3, 0.4) is 0 Å². The number of hydrogen-bond acceptors (Lipinski definition) is 3. The van der Waals surface area contributed by atoms with E-state index < -0.39 is 0 Å². The van der Waals surface area contributed by atoms with Gasteiger partial charge in [-0.05, 0) is 35.1 Å². The largest absolute Gasteiger partial charge is 0.324 e. The molecule has 4 nitrogen and oxygen atoms in total. The predicted octanol–water partition coefficient (Wildman–Crippen LogP) is 2.55. The van der Waals surface area contributed by atoms with Crippen molar-refractivity contribution >= 4 is 38.4 Å². The first-order valence-electron chi connectivity index (χ1n) is 5.69. The number of aromatic nitrogens is 1. The van der Waals surface area contributed by atoms with Gasteiger partial charge in [0.05, 0.1) is 11.2 Å². The number of rotatable bonds is 4. The Kier molecular flexibility index (Phi) is 4.28. The maximum atomic E-state index is 11.7. The number of fused-ring (bicyclic) bond motifs is 1. The first-order chi connectivity index (χ1) is 8.70. The zero-order valence-electron chi connectivity index (χ0n) is 10.0. The molecule has 18 heavy (non-hydrogen) atoms. The van der Waals surface area contributed by atoms with E-state index in [-0.39, 0.29) is 5.91 Å². The number of carbonyl (C=O) groups is 1. The Morgan fingerprint density at radius 2 is 2.28 bits per heavy atom. The summed E-state index contributed by atoms with van der Waals surface area (Å²) >= 11 is 3.38. The van der Waals surface area contributed by atoms with E-state index in [1.807, 2.05) is 31.3 Å². The summed E-state index contributed by atoms with van der Waals surface area (Å²) in [7, 11) is 1.82. The number of pyridine rings is 1. The molecule has 0 fully saturated rings. The van der Waals surface area contributed by atoms with Gasteiger partial charge in [-0.15, -0.1) is 0 Å². The Morgan fingerprint density at radius 3 is 3.06 bits per heavy atom. The SMILES string of the molecule is CNCCC(=O)Nc1cccc2cc(Br)cnc12. The molecule has 2 rings (SSSR count). The van der Waals surface area contributed by atoms with Crippen LogP contribution in [-0.4, -0.2) is 24.5 Å². The Labute approximate surface area is 114 Å². The van der Waals surface area contributed by atoms with E-state index in [4.69, 9.17) is 0 Å². The van der Waals surface area contributed by atoms with Gasteiger partial charge in [0.1, 0.15) is 0 Å². The molecule has 2 aromatic rings. The van der Waals surface area contributed by atoms with Crippen molar-refractivity contribution in [2.45, 2.75) is 6.42 Å². The van der Waals surface area contributed by atoms with Gasteiger partial charge in [0.2, 0.25) is 5.91 Å². The Bertz CT molecular complexity index is 571. The van der Waals surface area contributed by atoms with Crippen molar-refractivity contribution in [3.8, 4) is 0 Å². The highest BCUT2D eigenvalue weighted by molar-refractivity contribution is 9.10. The molecule has 1 aromatic carbocycles. The topological polar surface area (TPSA) is 54.0 Å². The van der Waals surface area contributed by atoms with Crippen LogP contribution in [-0.2, 0) is 4.79 Å². The molecule has 0 aliphatic heterocycles. The predicted molar refractivity (Wildman–Crippen MR) is 76.6 cm³/mol. The van der Waals surface area contributed by atoms with Crippen LogP contribution in [0.4, 0.5) is 5.69 Å². The lowest BCUT2D eigenvalue weighted by molar-refractivity contribution is -0.116. The maximum Gasteiger partial charge on any atom is 0.225 e. The van der Waals surface area contributed by atoms with Gasteiger partial charge >= 0.3 is 0 Å². The van der Waals surface area contributed by atoms with Crippen molar-refractivity contribution < 1.29 is 4.79 Å². The van der Waals surface area contributed by atoms with Crippen molar-refractivity contribution in [3.05, 3.63) is 34.9 Å². The summed E-state index contributed by atoms with van der Waals surface area (Å²) in [6.45, 7) is 0.662. The molecule has 0 atom stereocenters. The Balaban J connectivity index is 2.25. The van der Waals surface area contributed by atoms with E-state index in [1.54, 1.807) is 6.20 Å². The van der Waals surface area contributed by atoms with E-state index in [9.17, 15) is 4.79 Å². The molecule has 0 bridgehead atoms. The highest BCUT2D eigenvalue weighted by atomic mass is 79.9. The molecule has 0 radical (unpaired) electrons. The third-order valence-electron chi connectivity index (χ3n) is 2.55. The standard InChI is InChI=1S/C13H14BrN3O/c1-15-6-5-12(18)17-11-4-2-3-9-7-10(14)8-16-13(9)11/h2-4,7-8,15H,5-6H2,1H3,(H,17,18). The first kappa shape index (κ1) is 13.0. The molecule has 94 valence electrons. The van der Waals surface area contributed by atoms with Crippen molar-refractivity contribution in [1.82, 2.24) is 10.3 Å². The molecule has 5 heteroatoms. The number of nitrogens with zero attached hydrogens (tertiary/aromatic N) is 1. The molecular weight excluding hydrogens is 294 g/mol. The van der Waals surface area contributed by atoms with Crippen LogP contribution in [0.25, 0.3) is 10.9 Å². The third-order valence-corrected chi connectivity index (χ3v) is 2.99. The summed E-state index contributed by atoms with van der Waals surface area (Å²) in [6, 6.07) is 7.71. The van der Waals surface area contributed by atoms with Crippen LogP contribution in [0.2, 0.25) is 0 Å². The minimum atomic E-state index is -0.0124. The lowest BCUT2D eigenvalue weighted by atomic mass is 10.2. The number of nitrogens with one attached hydrogen (secondary N) is 2. The summed E-state index contributed by atoms with van der Waals surface area (Å²) in [5, 5.41) is 6.82. The van der Waals surface area contributed by atoms with Gasteiger partial charge in [-0.3, -0.25) is 9.78 Å². The van der Waals surface area contributed by atoms with Crippen molar-refractivity contribution in [2.24, 2.45) is 0 Å². The maximum absolute atomic E-state index is 11.7. The van der Waals surface area contributed by atoms with Crippen molar-refractivity contribution in [1.29, 1.82) is 0 Å².